The molecule has 3 rings (SSSR count). The van der Waals surface area contributed by atoms with Crippen LogP contribution in [0.25, 0.3) is 0 Å². The summed E-state index contributed by atoms with van der Waals surface area (Å²) < 4.78 is 26.6. The zero-order valence-corrected chi connectivity index (χ0v) is 25.7. The highest BCUT2D eigenvalue weighted by Crippen LogP contribution is 2.22. The van der Waals surface area contributed by atoms with Gasteiger partial charge in [-0.15, -0.1) is 0 Å². The molecule has 220 valence electrons. The predicted octanol–water partition coefficient (Wildman–Crippen LogP) is 5.26. The molecule has 1 N–H and O–H groups in total. The first-order chi connectivity index (χ1) is 19.5. The summed E-state index contributed by atoms with van der Waals surface area (Å²) in [5, 5.41) is 3.04. The average molecular weight is 578 g/mol. The molecule has 0 heterocycles. The highest BCUT2D eigenvalue weighted by atomic mass is 32.2. The molecule has 0 fully saturated rings. The number of benzene rings is 3. The predicted molar refractivity (Wildman–Crippen MR) is 166 cm³/mol. The molecule has 0 aromatic heterocycles. The van der Waals surface area contributed by atoms with Crippen LogP contribution < -0.4 is 9.62 Å². The van der Waals surface area contributed by atoms with Gasteiger partial charge in [0.25, 0.3) is 0 Å². The largest absolute Gasteiger partial charge is 0.354 e. The van der Waals surface area contributed by atoms with E-state index in [1.807, 2.05) is 100 Å². The summed E-state index contributed by atoms with van der Waals surface area (Å²) in [7, 11) is -3.55. The fourth-order valence-corrected chi connectivity index (χ4v) is 5.69. The average Bonchev–Trinajstić information content (AvgIpc) is 2.92. The smallest absolute Gasteiger partial charge is 0.243 e. The molecule has 8 heteroatoms. The van der Waals surface area contributed by atoms with Crippen molar-refractivity contribution in [2.45, 2.75) is 59.5 Å². The number of hydrogen-bond acceptors (Lipinski definition) is 4. The molecule has 0 aliphatic rings. The molecule has 0 spiro atoms. The highest BCUT2D eigenvalue weighted by Gasteiger charge is 2.31. The fraction of sp³-hybridized carbons (Fsp3) is 0.394. The van der Waals surface area contributed by atoms with Crippen LogP contribution in [0.15, 0.2) is 78.9 Å². The summed E-state index contributed by atoms with van der Waals surface area (Å²) in [4.78, 5) is 29.2. The standard InChI is InChI=1S/C33H43N3O4S/c1-25(2)23-34-33(38)31(22-28-15-7-6-8-16-28)35(24-29-17-10-9-14-27(29)4)32(37)19-12-20-36(41(5,39)40)30-18-11-13-26(3)21-30/h6-11,13-18,21,25,31H,12,19-20,22-24H2,1-5H3,(H,34,38). The maximum atomic E-state index is 13.9. The number of carbonyl (C=O) groups is 2. The maximum Gasteiger partial charge on any atom is 0.243 e. The number of hydrogen-bond donors (Lipinski definition) is 1. The van der Waals surface area contributed by atoms with Gasteiger partial charge in [0.05, 0.1) is 11.9 Å². The van der Waals surface area contributed by atoms with E-state index in [9.17, 15) is 18.0 Å². The number of amides is 2. The van der Waals surface area contributed by atoms with E-state index in [0.29, 0.717) is 25.1 Å². The topological polar surface area (TPSA) is 86.8 Å². The van der Waals surface area contributed by atoms with Crippen LogP contribution in [0.2, 0.25) is 0 Å². The van der Waals surface area contributed by atoms with E-state index in [1.54, 1.807) is 11.0 Å². The van der Waals surface area contributed by atoms with Crippen LogP contribution in [-0.2, 0) is 32.6 Å². The monoisotopic (exact) mass is 577 g/mol. The quantitative estimate of drug-likeness (QED) is 0.283. The lowest BCUT2D eigenvalue weighted by Gasteiger charge is -2.32. The van der Waals surface area contributed by atoms with Gasteiger partial charge in [0.1, 0.15) is 6.04 Å². The summed E-state index contributed by atoms with van der Waals surface area (Å²) >= 11 is 0. The second kappa shape index (κ2) is 14.8. The molecule has 1 atom stereocenters. The van der Waals surface area contributed by atoms with Crippen LogP contribution in [0, 0.1) is 19.8 Å². The van der Waals surface area contributed by atoms with Crippen molar-refractivity contribution in [3.8, 4) is 0 Å². The molecule has 0 radical (unpaired) electrons. The van der Waals surface area contributed by atoms with Gasteiger partial charge in [0, 0.05) is 32.5 Å². The van der Waals surface area contributed by atoms with Gasteiger partial charge in [0.15, 0.2) is 0 Å². The number of carbonyl (C=O) groups excluding carboxylic acids is 2. The van der Waals surface area contributed by atoms with Crippen LogP contribution in [0.1, 0.15) is 48.9 Å². The number of aryl methyl sites for hydroxylation is 2. The van der Waals surface area contributed by atoms with Crippen molar-refractivity contribution in [1.29, 1.82) is 0 Å². The second-order valence-corrected chi connectivity index (χ2v) is 13.0. The summed E-state index contributed by atoms with van der Waals surface area (Å²) in [5.41, 5.74) is 4.49. The SMILES string of the molecule is Cc1cccc(N(CCCC(=O)N(Cc2ccccc2C)C(Cc2ccccc2)C(=O)NCC(C)C)S(C)(=O)=O)c1. The van der Waals surface area contributed by atoms with Crippen LogP contribution in [0.5, 0.6) is 0 Å². The second-order valence-electron chi connectivity index (χ2n) is 11.1. The Bertz CT molecular complexity index is 1410. The minimum Gasteiger partial charge on any atom is -0.354 e. The van der Waals surface area contributed by atoms with Gasteiger partial charge in [-0.25, -0.2) is 8.42 Å². The minimum absolute atomic E-state index is 0.104. The van der Waals surface area contributed by atoms with Crippen LogP contribution in [0.4, 0.5) is 5.69 Å². The van der Waals surface area contributed by atoms with E-state index in [-0.39, 0.29) is 37.2 Å². The Kier molecular flexibility index (Phi) is 11.5. The third-order valence-corrected chi connectivity index (χ3v) is 8.19. The Morgan fingerprint density at radius 2 is 1.59 bits per heavy atom. The van der Waals surface area contributed by atoms with E-state index in [4.69, 9.17) is 0 Å². The molecule has 0 saturated carbocycles. The van der Waals surface area contributed by atoms with Crippen molar-refractivity contribution in [2.75, 3.05) is 23.7 Å². The molecule has 7 nitrogen and oxygen atoms in total. The lowest BCUT2D eigenvalue weighted by molar-refractivity contribution is -0.141. The summed E-state index contributed by atoms with van der Waals surface area (Å²) in [5.74, 6) is -0.117. The van der Waals surface area contributed by atoms with Crippen LogP contribution in [-0.4, -0.2) is 50.5 Å². The van der Waals surface area contributed by atoms with Crippen molar-refractivity contribution in [1.82, 2.24) is 10.2 Å². The van der Waals surface area contributed by atoms with E-state index in [0.717, 1.165) is 22.3 Å². The molecule has 3 aromatic carbocycles. The van der Waals surface area contributed by atoms with Gasteiger partial charge in [-0.3, -0.25) is 13.9 Å². The number of anilines is 1. The molecule has 0 saturated heterocycles. The molecule has 41 heavy (non-hydrogen) atoms. The maximum absolute atomic E-state index is 13.9. The van der Waals surface area contributed by atoms with E-state index >= 15 is 0 Å². The molecular weight excluding hydrogens is 534 g/mol. The van der Waals surface area contributed by atoms with Crippen molar-refractivity contribution in [3.63, 3.8) is 0 Å². The Morgan fingerprint density at radius 1 is 0.902 bits per heavy atom. The van der Waals surface area contributed by atoms with Crippen molar-refractivity contribution >= 4 is 27.5 Å². The van der Waals surface area contributed by atoms with E-state index in [1.165, 1.54) is 10.6 Å². The third-order valence-electron chi connectivity index (χ3n) is 7.00. The Morgan fingerprint density at radius 3 is 2.22 bits per heavy atom. The summed E-state index contributed by atoms with van der Waals surface area (Å²) in [6.07, 6.45) is 1.97. The minimum atomic E-state index is -3.55. The normalized spacial score (nSPS) is 12.1. The van der Waals surface area contributed by atoms with Crippen LogP contribution >= 0.6 is 0 Å². The van der Waals surface area contributed by atoms with Gasteiger partial charge in [0.2, 0.25) is 21.8 Å². The van der Waals surface area contributed by atoms with Gasteiger partial charge in [-0.2, -0.15) is 0 Å². The van der Waals surface area contributed by atoms with Gasteiger partial charge < -0.3 is 10.2 Å². The van der Waals surface area contributed by atoms with E-state index < -0.39 is 16.1 Å². The molecule has 0 aliphatic heterocycles. The third kappa shape index (κ3) is 9.74. The molecule has 0 bridgehead atoms. The first-order valence-electron chi connectivity index (χ1n) is 14.2. The molecule has 1 unspecified atom stereocenters. The zero-order valence-electron chi connectivity index (χ0n) is 24.8. The highest BCUT2D eigenvalue weighted by molar-refractivity contribution is 7.92. The Labute approximate surface area is 245 Å². The number of nitrogens with one attached hydrogen (secondary N) is 1. The van der Waals surface area contributed by atoms with E-state index in [2.05, 4.69) is 5.32 Å². The molecule has 0 aliphatic carbocycles. The van der Waals surface area contributed by atoms with Gasteiger partial charge in [-0.05, 0) is 60.6 Å². The fourth-order valence-electron chi connectivity index (χ4n) is 4.73. The molecular formula is C33H43N3O4S. The Hall–Kier alpha value is -3.65. The van der Waals surface area contributed by atoms with Crippen LogP contribution in [0.3, 0.4) is 0 Å². The van der Waals surface area contributed by atoms with Crippen molar-refractivity contribution in [3.05, 3.63) is 101 Å². The lowest BCUT2D eigenvalue weighted by atomic mass is 10.0. The number of nitrogens with zero attached hydrogens (tertiary/aromatic N) is 2. The molecule has 2 amide bonds. The first-order valence-corrected chi connectivity index (χ1v) is 16.0. The van der Waals surface area contributed by atoms with Crippen molar-refractivity contribution < 1.29 is 18.0 Å². The van der Waals surface area contributed by atoms with Gasteiger partial charge in [-0.1, -0.05) is 80.6 Å². The number of rotatable bonds is 14. The summed E-state index contributed by atoms with van der Waals surface area (Å²) in [6, 6.07) is 24.2. The first kappa shape index (κ1) is 31.9. The summed E-state index contributed by atoms with van der Waals surface area (Å²) in [6.45, 7) is 8.93. The number of sulfonamides is 1. The lowest BCUT2D eigenvalue weighted by Crippen LogP contribution is -2.51. The van der Waals surface area contributed by atoms with Gasteiger partial charge >= 0.3 is 0 Å². The Balaban J connectivity index is 1.89. The van der Waals surface area contributed by atoms with Crippen molar-refractivity contribution in [2.24, 2.45) is 5.92 Å². The molecule has 3 aromatic rings. The zero-order chi connectivity index (χ0) is 30.0.